The molecule has 1 amide bonds. The van der Waals surface area contributed by atoms with Crippen LogP contribution in [-0.4, -0.2) is 34.0 Å². The van der Waals surface area contributed by atoms with Crippen LogP contribution >= 0.6 is 11.8 Å². The highest BCUT2D eigenvalue weighted by molar-refractivity contribution is 8.16. The molecule has 0 saturated carbocycles. The van der Waals surface area contributed by atoms with Gasteiger partial charge in [0.1, 0.15) is 0 Å². The van der Waals surface area contributed by atoms with E-state index in [1.54, 1.807) is 12.4 Å². The van der Waals surface area contributed by atoms with E-state index in [1.807, 2.05) is 29.4 Å². The first-order chi connectivity index (χ1) is 16.9. The number of ether oxygens (including phenoxy) is 1. The van der Waals surface area contributed by atoms with Crippen molar-refractivity contribution in [2.24, 2.45) is 4.99 Å². The summed E-state index contributed by atoms with van der Waals surface area (Å²) >= 11 is 1.48. The maximum atomic E-state index is 13.0. The SMILES string of the molecule is CCC1=C(C(=O)OC)C(c2ccc(C(C)C)cc2)N2C(CC(=O)NCc3ccncc3)=CSC2=N1. The van der Waals surface area contributed by atoms with Crippen molar-refractivity contribution in [2.45, 2.75) is 52.1 Å². The third-order valence-electron chi connectivity index (χ3n) is 6.13. The van der Waals surface area contributed by atoms with E-state index in [2.05, 4.69) is 48.4 Å². The van der Waals surface area contributed by atoms with Crippen LogP contribution in [0, 0.1) is 0 Å². The lowest BCUT2D eigenvalue weighted by Crippen LogP contribution is -2.38. The number of pyridine rings is 1. The Labute approximate surface area is 210 Å². The van der Waals surface area contributed by atoms with Crippen LogP contribution in [0.2, 0.25) is 0 Å². The topological polar surface area (TPSA) is 83.9 Å². The van der Waals surface area contributed by atoms with Crippen molar-refractivity contribution >= 4 is 28.8 Å². The van der Waals surface area contributed by atoms with Gasteiger partial charge in [0.2, 0.25) is 5.91 Å². The van der Waals surface area contributed by atoms with Gasteiger partial charge in [0.15, 0.2) is 5.17 Å². The van der Waals surface area contributed by atoms with Gasteiger partial charge in [-0.25, -0.2) is 9.79 Å². The predicted molar refractivity (Wildman–Crippen MR) is 138 cm³/mol. The molecule has 1 aromatic carbocycles. The summed E-state index contributed by atoms with van der Waals surface area (Å²) in [4.78, 5) is 36.6. The number of carbonyl (C=O) groups excluding carboxylic acids is 2. The highest BCUT2D eigenvalue weighted by atomic mass is 32.2. The fourth-order valence-corrected chi connectivity index (χ4v) is 5.16. The minimum Gasteiger partial charge on any atom is -0.466 e. The van der Waals surface area contributed by atoms with Crippen LogP contribution in [0.15, 0.2) is 76.2 Å². The number of benzene rings is 1. The molecule has 0 spiro atoms. The molecule has 0 fully saturated rings. The number of aliphatic imine (C=N–C) groups is 1. The van der Waals surface area contributed by atoms with Crippen molar-refractivity contribution in [3.63, 3.8) is 0 Å². The summed E-state index contributed by atoms with van der Waals surface area (Å²) in [6.45, 7) is 6.71. The number of nitrogens with one attached hydrogen (secondary N) is 1. The number of aromatic nitrogens is 1. The molecule has 1 atom stereocenters. The van der Waals surface area contributed by atoms with E-state index in [-0.39, 0.29) is 12.3 Å². The van der Waals surface area contributed by atoms with Gasteiger partial charge in [-0.15, -0.1) is 0 Å². The summed E-state index contributed by atoms with van der Waals surface area (Å²) in [7, 11) is 1.39. The lowest BCUT2D eigenvalue weighted by Gasteiger charge is -2.36. The highest BCUT2D eigenvalue weighted by Crippen LogP contribution is 2.45. The van der Waals surface area contributed by atoms with Crippen molar-refractivity contribution in [1.82, 2.24) is 15.2 Å². The van der Waals surface area contributed by atoms with Gasteiger partial charge >= 0.3 is 5.97 Å². The van der Waals surface area contributed by atoms with Gasteiger partial charge in [0, 0.05) is 24.6 Å². The van der Waals surface area contributed by atoms with Crippen molar-refractivity contribution in [1.29, 1.82) is 0 Å². The third kappa shape index (κ3) is 5.32. The van der Waals surface area contributed by atoms with Gasteiger partial charge in [0.05, 0.1) is 30.8 Å². The molecular formula is C27H30N4O3S. The van der Waals surface area contributed by atoms with E-state index >= 15 is 0 Å². The van der Waals surface area contributed by atoms with E-state index in [0.717, 1.165) is 22.0 Å². The smallest absolute Gasteiger partial charge is 0.338 e. The molecule has 1 unspecified atom stereocenters. The van der Waals surface area contributed by atoms with Crippen molar-refractivity contribution in [3.8, 4) is 0 Å². The molecular weight excluding hydrogens is 460 g/mol. The molecule has 2 aliphatic rings. The normalized spacial score (nSPS) is 17.2. The molecule has 0 aliphatic carbocycles. The molecule has 3 heterocycles. The number of hydrogen-bond donors (Lipinski definition) is 1. The Balaban J connectivity index is 1.64. The van der Waals surface area contributed by atoms with Crippen molar-refractivity contribution < 1.29 is 14.3 Å². The number of allylic oxidation sites excluding steroid dienone is 1. The largest absolute Gasteiger partial charge is 0.466 e. The lowest BCUT2D eigenvalue weighted by molar-refractivity contribution is -0.136. The summed E-state index contributed by atoms with van der Waals surface area (Å²) in [6, 6.07) is 11.6. The molecule has 35 heavy (non-hydrogen) atoms. The van der Waals surface area contributed by atoms with E-state index in [1.165, 1.54) is 24.4 Å². The summed E-state index contributed by atoms with van der Waals surface area (Å²) in [5, 5.41) is 5.69. The standard InChI is InChI=1S/C27H30N4O3S/c1-5-22-24(26(33)34-4)25(20-8-6-19(7-9-20)17(2)3)31-21(16-35-27(31)30-22)14-23(32)29-15-18-10-12-28-13-11-18/h6-13,16-17,25H,5,14-15H2,1-4H3,(H,29,32). The van der Waals surface area contributed by atoms with E-state index < -0.39 is 12.0 Å². The van der Waals surface area contributed by atoms with E-state index in [0.29, 0.717) is 30.2 Å². The lowest BCUT2D eigenvalue weighted by atomic mass is 9.91. The van der Waals surface area contributed by atoms with Gasteiger partial charge in [-0.3, -0.25) is 9.78 Å². The third-order valence-corrected chi connectivity index (χ3v) is 7.02. The van der Waals surface area contributed by atoms with Crippen molar-refractivity contribution in [3.05, 3.63) is 87.9 Å². The zero-order chi connectivity index (χ0) is 24.9. The average Bonchev–Trinajstić information content (AvgIpc) is 3.28. The number of rotatable bonds is 8. The molecule has 0 radical (unpaired) electrons. The zero-order valence-corrected chi connectivity index (χ0v) is 21.3. The first-order valence-corrected chi connectivity index (χ1v) is 12.6. The van der Waals surface area contributed by atoms with Gasteiger partial charge in [-0.1, -0.05) is 56.8 Å². The van der Waals surface area contributed by atoms with Crippen LogP contribution in [0.1, 0.15) is 62.3 Å². The predicted octanol–water partition coefficient (Wildman–Crippen LogP) is 5.05. The molecule has 2 aromatic rings. The number of fused-ring (bicyclic) bond motifs is 1. The fraction of sp³-hybridized carbons (Fsp3) is 0.333. The molecule has 7 nitrogen and oxygen atoms in total. The van der Waals surface area contributed by atoms with Gasteiger partial charge < -0.3 is 15.0 Å². The Hall–Kier alpha value is -3.39. The number of thioether (sulfide) groups is 1. The monoisotopic (exact) mass is 490 g/mol. The van der Waals surface area contributed by atoms with Gasteiger partial charge in [-0.05, 0) is 46.6 Å². The van der Waals surface area contributed by atoms with E-state index in [9.17, 15) is 9.59 Å². The molecule has 182 valence electrons. The second kappa shape index (κ2) is 10.9. The Kier molecular flexibility index (Phi) is 7.70. The number of methoxy groups -OCH3 is 1. The Morgan fingerprint density at radius 1 is 1.14 bits per heavy atom. The summed E-state index contributed by atoms with van der Waals surface area (Å²) in [6.07, 6.45) is 4.18. The highest BCUT2D eigenvalue weighted by Gasteiger charge is 2.41. The van der Waals surface area contributed by atoms with Crippen LogP contribution in [0.3, 0.4) is 0 Å². The number of amidine groups is 1. The fourth-order valence-electron chi connectivity index (χ4n) is 4.22. The molecule has 1 N–H and O–H groups in total. The molecule has 2 aliphatic heterocycles. The summed E-state index contributed by atoms with van der Waals surface area (Å²) in [5.41, 5.74) is 5.19. The van der Waals surface area contributed by atoms with Crippen molar-refractivity contribution in [2.75, 3.05) is 7.11 Å². The molecule has 0 bridgehead atoms. The summed E-state index contributed by atoms with van der Waals surface area (Å²) in [5.74, 6) is -0.106. The van der Waals surface area contributed by atoms with Crippen LogP contribution in [0.5, 0.6) is 0 Å². The van der Waals surface area contributed by atoms with Gasteiger partial charge in [0.25, 0.3) is 0 Å². The summed E-state index contributed by atoms with van der Waals surface area (Å²) < 4.78 is 5.18. The second-order valence-corrected chi connectivity index (χ2v) is 9.57. The van der Waals surface area contributed by atoms with Crippen LogP contribution < -0.4 is 5.32 Å². The molecule has 0 saturated heterocycles. The van der Waals surface area contributed by atoms with Crippen LogP contribution in [0.4, 0.5) is 0 Å². The Morgan fingerprint density at radius 3 is 2.49 bits per heavy atom. The molecule has 8 heteroatoms. The number of carbonyl (C=O) groups is 2. The van der Waals surface area contributed by atoms with E-state index in [4.69, 9.17) is 9.73 Å². The first-order valence-electron chi connectivity index (χ1n) is 11.7. The number of nitrogens with zero attached hydrogens (tertiary/aromatic N) is 3. The van der Waals surface area contributed by atoms with Crippen LogP contribution in [-0.2, 0) is 20.9 Å². The first kappa shape index (κ1) is 24.7. The Bertz CT molecular complexity index is 1190. The zero-order valence-electron chi connectivity index (χ0n) is 20.4. The maximum absolute atomic E-state index is 13.0. The molecule has 1 aromatic heterocycles. The Morgan fingerprint density at radius 2 is 1.86 bits per heavy atom. The second-order valence-electron chi connectivity index (χ2n) is 8.73. The minimum absolute atomic E-state index is 0.103. The molecule has 4 rings (SSSR count). The number of hydrogen-bond acceptors (Lipinski definition) is 7. The maximum Gasteiger partial charge on any atom is 0.338 e. The quantitative estimate of drug-likeness (QED) is 0.522. The average molecular weight is 491 g/mol. The number of esters is 1. The van der Waals surface area contributed by atoms with Crippen LogP contribution in [0.25, 0.3) is 0 Å². The number of amides is 1. The van der Waals surface area contributed by atoms with Gasteiger partial charge in [-0.2, -0.15) is 0 Å². The minimum atomic E-state index is -0.416.